The minimum Gasteiger partial charge on any atom is -0.459 e. The molecule has 0 atom stereocenters. The third-order valence-corrected chi connectivity index (χ3v) is 3.93. The Morgan fingerprint density at radius 2 is 1.88 bits per heavy atom. The predicted molar refractivity (Wildman–Crippen MR) is 112 cm³/mol. The molecule has 134 valence electrons. The standard InChI is InChI=1S/C18H18N6O.HI/c1-19-18(20-11-14-10-13-6-2-3-7-15(13)25-14)21-12-17-23-22-16-8-4-5-9-24(16)17;/h2-10H,11-12H2,1H3,(H2,19,20,21);1H. The lowest BCUT2D eigenvalue weighted by atomic mass is 10.2. The summed E-state index contributed by atoms with van der Waals surface area (Å²) in [5, 5.41) is 15.9. The first-order valence-corrected chi connectivity index (χ1v) is 8.04. The van der Waals surface area contributed by atoms with Gasteiger partial charge in [0.05, 0.1) is 13.1 Å². The second-order valence-electron chi connectivity index (χ2n) is 5.57. The van der Waals surface area contributed by atoms with E-state index in [1.54, 1.807) is 7.05 Å². The first-order chi connectivity index (χ1) is 12.3. The minimum absolute atomic E-state index is 0. The third-order valence-electron chi connectivity index (χ3n) is 3.93. The molecule has 0 amide bonds. The van der Waals surface area contributed by atoms with E-state index in [4.69, 9.17) is 4.42 Å². The van der Waals surface area contributed by atoms with Gasteiger partial charge in [-0.15, -0.1) is 34.2 Å². The maximum Gasteiger partial charge on any atom is 0.191 e. The van der Waals surface area contributed by atoms with Crippen LogP contribution in [0.1, 0.15) is 11.6 Å². The summed E-state index contributed by atoms with van der Waals surface area (Å²) in [5.74, 6) is 2.35. The molecule has 7 nitrogen and oxygen atoms in total. The van der Waals surface area contributed by atoms with Crippen LogP contribution in [0.25, 0.3) is 16.6 Å². The van der Waals surface area contributed by atoms with Crippen molar-refractivity contribution in [2.24, 2.45) is 4.99 Å². The van der Waals surface area contributed by atoms with Gasteiger partial charge in [-0.3, -0.25) is 9.39 Å². The van der Waals surface area contributed by atoms with Crippen LogP contribution in [-0.2, 0) is 13.1 Å². The largest absolute Gasteiger partial charge is 0.459 e. The summed E-state index contributed by atoms with van der Waals surface area (Å²) in [6.45, 7) is 1.07. The average molecular weight is 462 g/mol. The molecule has 0 unspecified atom stereocenters. The Morgan fingerprint density at radius 3 is 2.73 bits per heavy atom. The van der Waals surface area contributed by atoms with Gasteiger partial charge in [0.15, 0.2) is 17.4 Å². The predicted octanol–water partition coefficient (Wildman–Crippen LogP) is 2.96. The van der Waals surface area contributed by atoms with Gasteiger partial charge in [-0.05, 0) is 24.3 Å². The number of halogens is 1. The van der Waals surface area contributed by atoms with Crippen LogP contribution in [-0.4, -0.2) is 27.6 Å². The summed E-state index contributed by atoms with van der Waals surface area (Å²) in [4.78, 5) is 4.23. The molecule has 8 heteroatoms. The highest BCUT2D eigenvalue weighted by molar-refractivity contribution is 14.0. The van der Waals surface area contributed by atoms with Crippen LogP contribution in [0, 0.1) is 0 Å². The number of guanidine groups is 1. The molecular weight excluding hydrogens is 443 g/mol. The van der Waals surface area contributed by atoms with Gasteiger partial charge < -0.3 is 15.1 Å². The van der Waals surface area contributed by atoms with E-state index in [1.165, 1.54) is 0 Å². The van der Waals surface area contributed by atoms with E-state index in [0.29, 0.717) is 19.0 Å². The molecule has 0 saturated carbocycles. The van der Waals surface area contributed by atoms with Crippen molar-refractivity contribution < 1.29 is 4.42 Å². The second-order valence-corrected chi connectivity index (χ2v) is 5.57. The van der Waals surface area contributed by atoms with Gasteiger partial charge >= 0.3 is 0 Å². The van der Waals surface area contributed by atoms with Crippen molar-refractivity contribution in [2.75, 3.05) is 7.05 Å². The molecule has 4 rings (SSSR count). The fraction of sp³-hybridized carbons (Fsp3) is 0.167. The van der Waals surface area contributed by atoms with Crippen molar-refractivity contribution in [3.8, 4) is 0 Å². The molecule has 2 N–H and O–H groups in total. The van der Waals surface area contributed by atoms with Crippen LogP contribution in [0.4, 0.5) is 0 Å². The maximum absolute atomic E-state index is 5.80. The number of benzene rings is 1. The lowest BCUT2D eigenvalue weighted by Crippen LogP contribution is -2.36. The van der Waals surface area contributed by atoms with Crippen LogP contribution in [0.2, 0.25) is 0 Å². The molecule has 4 aromatic rings. The van der Waals surface area contributed by atoms with E-state index in [0.717, 1.165) is 28.2 Å². The Bertz CT molecular complexity index is 1010. The van der Waals surface area contributed by atoms with E-state index >= 15 is 0 Å². The number of nitrogens with zero attached hydrogens (tertiary/aromatic N) is 4. The zero-order chi connectivity index (χ0) is 17.1. The molecule has 0 saturated heterocycles. The summed E-state index contributed by atoms with van der Waals surface area (Å²) in [6.07, 6.45) is 1.94. The fourth-order valence-corrected chi connectivity index (χ4v) is 2.69. The smallest absolute Gasteiger partial charge is 0.191 e. The van der Waals surface area contributed by atoms with Gasteiger partial charge in [-0.1, -0.05) is 24.3 Å². The van der Waals surface area contributed by atoms with Crippen LogP contribution in [0.15, 0.2) is 64.1 Å². The second kappa shape index (κ2) is 8.17. The minimum atomic E-state index is 0. The zero-order valence-electron chi connectivity index (χ0n) is 14.2. The molecule has 0 spiro atoms. The van der Waals surface area contributed by atoms with Crippen molar-refractivity contribution in [1.29, 1.82) is 0 Å². The number of pyridine rings is 1. The van der Waals surface area contributed by atoms with Crippen molar-refractivity contribution in [3.63, 3.8) is 0 Å². The van der Waals surface area contributed by atoms with E-state index in [9.17, 15) is 0 Å². The molecule has 1 aromatic carbocycles. The third kappa shape index (κ3) is 3.79. The Hall–Kier alpha value is -2.62. The van der Waals surface area contributed by atoms with Crippen molar-refractivity contribution in [3.05, 3.63) is 66.3 Å². The van der Waals surface area contributed by atoms with Gasteiger partial charge in [0.1, 0.15) is 11.3 Å². The number of aliphatic imine (C=N–C) groups is 1. The van der Waals surface area contributed by atoms with E-state index < -0.39 is 0 Å². The van der Waals surface area contributed by atoms with Crippen LogP contribution >= 0.6 is 24.0 Å². The fourth-order valence-electron chi connectivity index (χ4n) is 2.69. The van der Waals surface area contributed by atoms with Gasteiger partial charge in [0, 0.05) is 18.6 Å². The lowest BCUT2D eigenvalue weighted by Gasteiger charge is -2.10. The summed E-state index contributed by atoms with van der Waals surface area (Å²) in [5.41, 5.74) is 1.71. The molecule has 0 aliphatic heterocycles. The number of fused-ring (bicyclic) bond motifs is 2. The summed E-state index contributed by atoms with van der Waals surface area (Å²) < 4.78 is 7.74. The maximum atomic E-state index is 5.80. The number of rotatable bonds is 4. The Morgan fingerprint density at radius 1 is 1.08 bits per heavy atom. The van der Waals surface area contributed by atoms with Crippen molar-refractivity contribution >= 4 is 46.6 Å². The molecule has 26 heavy (non-hydrogen) atoms. The molecule has 0 aliphatic carbocycles. The molecule has 0 radical (unpaired) electrons. The van der Waals surface area contributed by atoms with Crippen molar-refractivity contribution in [1.82, 2.24) is 25.2 Å². The molecule has 3 heterocycles. The van der Waals surface area contributed by atoms with Gasteiger partial charge in [0.2, 0.25) is 0 Å². The van der Waals surface area contributed by atoms with E-state index in [-0.39, 0.29) is 24.0 Å². The number of hydrogen-bond acceptors (Lipinski definition) is 4. The monoisotopic (exact) mass is 462 g/mol. The first-order valence-electron chi connectivity index (χ1n) is 8.04. The van der Waals surface area contributed by atoms with Crippen LogP contribution < -0.4 is 10.6 Å². The molecular formula is C18H19IN6O. The zero-order valence-corrected chi connectivity index (χ0v) is 16.5. The highest BCUT2D eigenvalue weighted by Gasteiger charge is 2.07. The molecule has 0 aliphatic rings. The normalized spacial score (nSPS) is 11.5. The first kappa shape index (κ1) is 18.2. The number of furan rings is 1. The van der Waals surface area contributed by atoms with Crippen LogP contribution in [0.3, 0.4) is 0 Å². The highest BCUT2D eigenvalue weighted by atomic mass is 127. The SMILES string of the molecule is CN=C(NCc1cc2ccccc2o1)NCc1nnc2ccccn12.I. The highest BCUT2D eigenvalue weighted by Crippen LogP contribution is 2.18. The van der Waals surface area contributed by atoms with E-state index in [1.807, 2.05) is 59.1 Å². The Balaban J connectivity index is 0.00000196. The average Bonchev–Trinajstić information content (AvgIpc) is 3.25. The van der Waals surface area contributed by atoms with Crippen molar-refractivity contribution in [2.45, 2.75) is 13.1 Å². The number of para-hydroxylation sites is 1. The number of nitrogens with one attached hydrogen (secondary N) is 2. The molecule has 0 fully saturated rings. The summed E-state index contributed by atoms with van der Waals surface area (Å²) in [6, 6.07) is 15.8. The van der Waals surface area contributed by atoms with Gasteiger partial charge in [0.25, 0.3) is 0 Å². The van der Waals surface area contributed by atoms with Crippen LogP contribution in [0.5, 0.6) is 0 Å². The molecule has 0 bridgehead atoms. The van der Waals surface area contributed by atoms with Gasteiger partial charge in [-0.25, -0.2) is 0 Å². The topological polar surface area (TPSA) is 79.8 Å². The summed E-state index contributed by atoms with van der Waals surface area (Å²) >= 11 is 0. The molecule has 3 aromatic heterocycles. The number of aromatic nitrogens is 3. The Labute approximate surface area is 167 Å². The number of hydrogen-bond donors (Lipinski definition) is 2. The Kier molecular flexibility index (Phi) is 5.71. The lowest BCUT2D eigenvalue weighted by molar-refractivity contribution is 0.538. The quantitative estimate of drug-likeness (QED) is 0.277. The summed E-state index contributed by atoms with van der Waals surface area (Å²) in [7, 11) is 1.73. The van der Waals surface area contributed by atoms with E-state index in [2.05, 4.69) is 25.8 Å². The van der Waals surface area contributed by atoms with Gasteiger partial charge in [-0.2, -0.15) is 0 Å².